The highest BCUT2D eigenvalue weighted by atomic mass is 16.5. The molecule has 2 aromatic carbocycles. The highest BCUT2D eigenvalue weighted by molar-refractivity contribution is 6.33. The number of hydrogen-bond acceptors (Lipinski definition) is 7. The Labute approximate surface area is 182 Å². The Kier molecular flexibility index (Phi) is 7.83. The number of ketones is 1. The minimum absolute atomic E-state index is 0.103. The van der Waals surface area contributed by atoms with Crippen LogP contribution in [0.1, 0.15) is 45.2 Å². The molecule has 1 aliphatic rings. The van der Waals surface area contributed by atoms with Crippen LogP contribution in [0.15, 0.2) is 48.5 Å². The van der Waals surface area contributed by atoms with Crippen molar-refractivity contribution in [2.75, 3.05) is 6.61 Å². The van der Waals surface area contributed by atoms with Crippen molar-refractivity contribution in [1.29, 1.82) is 0 Å². The highest BCUT2D eigenvalue weighted by Crippen LogP contribution is 2.38. The maximum absolute atomic E-state index is 13.0. The second kappa shape index (κ2) is 10.1. The van der Waals surface area contributed by atoms with E-state index >= 15 is 0 Å². The number of benzene rings is 2. The first-order valence-corrected chi connectivity index (χ1v) is 10.1. The molecule has 1 heterocycles. The van der Waals surface area contributed by atoms with Gasteiger partial charge in [-0.25, -0.2) is 0 Å². The number of carbonyl (C=O) groups excluding carboxylic acids is 2. The molecule has 31 heavy (non-hydrogen) atoms. The number of carbonyl (C=O) groups is 2. The first-order valence-electron chi connectivity index (χ1n) is 10.1. The Morgan fingerprint density at radius 3 is 1.87 bits per heavy atom. The molecule has 1 aliphatic heterocycles. The molecule has 0 amide bonds. The number of rotatable bonds is 5. The lowest BCUT2D eigenvalue weighted by Crippen LogP contribution is -2.47. The van der Waals surface area contributed by atoms with Gasteiger partial charge in [-0.2, -0.15) is 0 Å². The summed E-state index contributed by atoms with van der Waals surface area (Å²) in [5.41, 5.74) is 0.508. The third kappa shape index (κ3) is 6.08. The van der Waals surface area contributed by atoms with Crippen molar-refractivity contribution in [2.45, 2.75) is 39.8 Å². The van der Waals surface area contributed by atoms with Gasteiger partial charge in [0.2, 0.25) is 11.5 Å². The smallest absolute Gasteiger partial charge is 0.302 e. The predicted octanol–water partition coefficient (Wildman–Crippen LogP) is 3.44. The van der Waals surface area contributed by atoms with Crippen LogP contribution in [0.5, 0.6) is 11.5 Å². The highest BCUT2D eigenvalue weighted by Gasteiger charge is 2.46. The van der Waals surface area contributed by atoms with Gasteiger partial charge in [0.15, 0.2) is 0 Å². The molecular formula is C24H29NO6. The fourth-order valence-electron chi connectivity index (χ4n) is 3.33. The van der Waals surface area contributed by atoms with Gasteiger partial charge >= 0.3 is 5.97 Å². The molecule has 1 atom stereocenters. The number of esters is 1. The number of Topliss-reactive ketones (excluding diaryl/α,β-unsaturated/α-hetero) is 1. The molecule has 3 rings (SSSR count). The largest absolute Gasteiger partial charge is 0.508 e. The SMILES string of the molecule is CC(C)C[C@]1(O)NC(c2ccc(O)cc2)=C(c2ccc(O)cc2)C1=O.CCOC(C)=O. The normalized spacial score (nSPS) is 17.8. The second-order valence-corrected chi connectivity index (χ2v) is 7.68. The summed E-state index contributed by atoms with van der Waals surface area (Å²) in [6.45, 7) is 7.53. The van der Waals surface area contributed by atoms with Crippen molar-refractivity contribution in [1.82, 2.24) is 5.32 Å². The predicted molar refractivity (Wildman–Crippen MR) is 118 cm³/mol. The molecule has 0 bridgehead atoms. The third-order valence-electron chi connectivity index (χ3n) is 4.55. The van der Waals surface area contributed by atoms with Gasteiger partial charge in [-0.05, 0) is 60.4 Å². The van der Waals surface area contributed by atoms with Crippen LogP contribution >= 0.6 is 0 Å². The molecule has 166 valence electrons. The summed E-state index contributed by atoms with van der Waals surface area (Å²) < 4.78 is 4.40. The van der Waals surface area contributed by atoms with E-state index in [2.05, 4.69) is 10.1 Å². The minimum Gasteiger partial charge on any atom is -0.508 e. The van der Waals surface area contributed by atoms with Crippen molar-refractivity contribution < 1.29 is 29.6 Å². The van der Waals surface area contributed by atoms with Crippen molar-refractivity contribution in [3.63, 3.8) is 0 Å². The summed E-state index contributed by atoms with van der Waals surface area (Å²) in [6.07, 6.45) is 0.273. The Balaban J connectivity index is 0.000000501. The van der Waals surface area contributed by atoms with Gasteiger partial charge in [0.25, 0.3) is 0 Å². The molecule has 0 saturated carbocycles. The fraction of sp³-hybridized carbons (Fsp3) is 0.333. The van der Waals surface area contributed by atoms with Crippen molar-refractivity contribution in [3.8, 4) is 11.5 Å². The molecule has 7 nitrogen and oxygen atoms in total. The van der Waals surface area contributed by atoms with E-state index in [1.165, 1.54) is 31.2 Å². The first kappa shape index (κ1) is 24.0. The van der Waals surface area contributed by atoms with E-state index in [0.29, 0.717) is 29.0 Å². The van der Waals surface area contributed by atoms with Crippen LogP contribution in [0.4, 0.5) is 0 Å². The lowest BCUT2D eigenvalue weighted by atomic mass is 9.91. The summed E-state index contributed by atoms with van der Waals surface area (Å²) in [5.74, 6) is -0.266. The van der Waals surface area contributed by atoms with Gasteiger partial charge in [-0.3, -0.25) is 9.59 Å². The second-order valence-electron chi connectivity index (χ2n) is 7.68. The van der Waals surface area contributed by atoms with E-state index in [1.54, 1.807) is 31.2 Å². The van der Waals surface area contributed by atoms with Gasteiger partial charge in [0.1, 0.15) is 11.5 Å². The number of ether oxygens (including phenoxy) is 1. The Morgan fingerprint density at radius 2 is 1.48 bits per heavy atom. The van der Waals surface area contributed by atoms with Gasteiger partial charge in [0, 0.05) is 13.3 Å². The molecule has 0 aromatic heterocycles. The summed E-state index contributed by atoms with van der Waals surface area (Å²) in [4.78, 5) is 22.8. The van der Waals surface area contributed by atoms with Crippen LogP contribution in [0.2, 0.25) is 0 Å². The van der Waals surface area contributed by atoms with E-state index < -0.39 is 11.5 Å². The molecule has 0 radical (unpaired) electrons. The zero-order chi connectivity index (χ0) is 23.2. The topological polar surface area (TPSA) is 116 Å². The number of phenols is 2. The van der Waals surface area contributed by atoms with E-state index in [-0.39, 0.29) is 29.8 Å². The average molecular weight is 427 g/mol. The summed E-state index contributed by atoms with van der Waals surface area (Å²) in [7, 11) is 0. The lowest BCUT2D eigenvalue weighted by Gasteiger charge is -2.25. The van der Waals surface area contributed by atoms with Gasteiger partial charge in [0.05, 0.1) is 17.9 Å². The molecular weight excluding hydrogens is 398 g/mol. The maximum Gasteiger partial charge on any atom is 0.302 e. The van der Waals surface area contributed by atoms with Crippen LogP contribution in [-0.2, 0) is 14.3 Å². The monoisotopic (exact) mass is 427 g/mol. The number of aliphatic hydroxyl groups is 1. The first-order chi connectivity index (χ1) is 14.6. The van der Waals surface area contributed by atoms with Gasteiger partial charge in [-0.1, -0.05) is 26.0 Å². The van der Waals surface area contributed by atoms with E-state index in [1.807, 2.05) is 13.8 Å². The molecule has 0 saturated heterocycles. The number of hydrogen-bond donors (Lipinski definition) is 4. The van der Waals surface area contributed by atoms with E-state index in [4.69, 9.17) is 0 Å². The van der Waals surface area contributed by atoms with Crippen LogP contribution in [-0.4, -0.2) is 39.4 Å². The van der Waals surface area contributed by atoms with Crippen molar-refractivity contribution in [2.24, 2.45) is 5.92 Å². The number of nitrogens with one attached hydrogen (secondary N) is 1. The zero-order valence-electron chi connectivity index (χ0n) is 18.2. The summed E-state index contributed by atoms with van der Waals surface area (Å²) in [5, 5.41) is 32.9. The number of aromatic hydroxyl groups is 2. The van der Waals surface area contributed by atoms with E-state index in [0.717, 1.165) is 0 Å². The van der Waals surface area contributed by atoms with E-state index in [9.17, 15) is 24.9 Å². The minimum atomic E-state index is -1.67. The molecule has 0 spiro atoms. The quantitative estimate of drug-likeness (QED) is 0.540. The van der Waals surface area contributed by atoms with Gasteiger partial charge < -0.3 is 25.4 Å². The Hall–Kier alpha value is -3.32. The van der Waals surface area contributed by atoms with Gasteiger partial charge in [-0.15, -0.1) is 0 Å². The molecule has 0 unspecified atom stereocenters. The average Bonchev–Trinajstić information content (AvgIpc) is 2.94. The summed E-state index contributed by atoms with van der Waals surface area (Å²) >= 11 is 0. The van der Waals surface area contributed by atoms with Crippen molar-refractivity contribution >= 4 is 23.0 Å². The Morgan fingerprint density at radius 1 is 1.00 bits per heavy atom. The molecule has 0 aliphatic carbocycles. The number of phenolic OH excluding ortho intramolecular Hbond substituents is 2. The van der Waals surface area contributed by atoms with Crippen LogP contribution in [0.25, 0.3) is 11.3 Å². The molecule has 7 heteroatoms. The van der Waals surface area contributed by atoms with Crippen LogP contribution in [0.3, 0.4) is 0 Å². The third-order valence-corrected chi connectivity index (χ3v) is 4.55. The molecule has 0 fully saturated rings. The molecule has 2 aromatic rings. The maximum atomic E-state index is 13.0. The van der Waals surface area contributed by atoms with Crippen LogP contribution in [0, 0.1) is 5.92 Å². The summed E-state index contributed by atoms with van der Waals surface area (Å²) in [6, 6.07) is 12.7. The standard InChI is InChI=1S/C20H21NO4.C4H8O2/c1-12(2)11-20(25)19(24)17(13-3-7-15(22)8-4-13)18(21-20)14-5-9-16(23)10-6-14;1-3-6-4(2)5/h3-10,12,21-23,25H,11H2,1-2H3;3H2,1-2H3/t20-;/m1./s1. The lowest BCUT2D eigenvalue weighted by molar-refractivity contribution is -0.140. The van der Waals surface area contributed by atoms with Crippen LogP contribution < -0.4 is 5.32 Å². The zero-order valence-corrected chi connectivity index (χ0v) is 18.2. The molecule has 4 N–H and O–H groups in total. The fourth-order valence-corrected chi connectivity index (χ4v) is 3.33. The van der Waals surface area contributed by atoms with Crippen molar-refractivity contribution in [3.05, 3.63) is 59.7 Å². The Bertz CT molecular complexity index is 947.